The molecule has 0 radical (unpaired) electrons. The molecule has 0 heterocycles. The zero-order valence-electron chi connectivity index (χ0n) is 15.5. The van der Waals surface area contributed by atoms with Gasteiger partial charge in [0.25, 0.3) is 0 Å². The lowest BCUT2D eigenvalue weighted by molar-refractivity contribution is -0.0444. The minimum atomic E-state index is -3.27. The highest BCUT2D eigenvalue weighted by Crippen LogP contribution is 2.41. The summed E-state index contributed by atoms with van der Waals surface area (Å²) in [6.07, 6.45) is 15.1. The summed E-state index contributed by atoms with van der Waals surface area (Å²) in [7, 11) is -3.27. The van der Waals surface area contributed by atoms with E-state index in [4.69, 9.17) is 4.74 Å². The molecule has 4 nitrogen and oxygen atoms in total. The van der Waals surface area contributed by atoms with Crippen LogP contribution in [0.15, 0.2) is 12.7 Å². The average molecular weight is 370 g/mol. The molecule has 144 valence electrons. The molecule has 3 saturated carbocycles. The Kier molecular flexibility index (Phi) is 6.98. The van der Waals surface area contributed by atoms with Crippen LogP contribution < -0.4 is 4.72 Å². The lowest BCUT2D eigenvalue weighted by atomic mass is 9.69. The first-order chi connectivity index (χ1) is 12.1. The number of sulfonamides is 1. The number of hydrogen-bond acceptors (Lipinski definition) is 3. The lowest BCUT2D eigenvalue weighted by Crippen LogP contribution is -2.42. The minimum Gasteiger partial charge on any atom is -0.377 e. The summed E-state index contributed by atoms with van der Waals surface area (Å²) >= 11 is 0. The molecule has 5 heteroatoms. The van der Waals surface area contributed by atoms with Crippen LogP contribution in [0.4, 0.5) is 0 Å². The van der Waals surface area contributed by atoms with E-state index in [9.17, 15) is 8.42 Å². The fraction of sp³-hybridized carbons (Fsp3) is 0.900. The Hall–Kier alpha value is -0.390. The van der Waals surface area contributed by atoms with Crippen molar-refractivity contribution in [2.45, 2.75) is 82.0 Å². The van der Waals surface area contributed by atoms with E-state index in [2.05, 4.69) is 11.3 Å². The van der Waals surface area contributed by atoms with Crippen molar-refractivity contribution in [1.82, 2.24) is 4.72 Å². The SMILES string of the molecule is C=CC1CCCCC1S(=O)(=O)NCCOC1CCCC2CCCCC21. The first-order valence-corrected chi connectivity index (χ1v) is 11.9. The van der Waals surface area contributed by atoms with E-state index in [1.165, 1.54) is 38.5 Å². The van der Waals surface area contributed by atoms with Crippen LogP contribution in [-0.4, -0.2) is 32.9 Å². The van der Waals surface area contributed by atoms with Crippen molar-refractivity contribution in [2.75, 3.05) is 13.2 Å². The summed E-state index contributed by atoms with van der Waals surface area (Å²) in [5, 5.41) is -0.309. The molecule has 0 aromatic heterocycles. The number of ether oxygens (including phenoxy) is 1. The molecule has 0 bridgehead atoms. The third-order valence-electron chi connectivity index (χ3n) is 6.70. The van der Waals surface area contributed by atoms with Gasteiger partial charge in [-0.2, -0.15) is 0 Å². The molecule has 3 fully saturated rings. The number of fused-ring (bicyclic) bond motifs is 1. The second-order valence-electron chi connectivity index (χ2n) is 8.21. The number of nitrogens with one attached hydrogen (secondary N) is 1. The summed E-state index contributed by atoms with van der Waals surface area (Å²) in [4.78, 5) is 0. The van der Waals surface area contributed by atoms with Gasteiger partial charge in [-0.15, -0.1) is 6.58 Å². The Morgan fingerprint density at radius 1 is 0.960 bits per heavy atom. The summed E-state index contributed by atoms with van der Waals surface area (Å²) in [6.45, 7) is 4.73. The zero-order valence-corrected chi connectivity index (χ0v) is 16.3. The van der Waals surface area contributed by atoms with Crippen molar-refractivity contribution in [2.24, 2.45) is 17.8 Å². The van der Waals surface area contributed by atoms with Gasteiger partial charge in [-0.1, -0.05) is 44.6 Å². The monoisotopic (exact) mass is 369 g/mol. The van der Waals surface area contributed by atoms with Crippen LogP contribution >= 0.6 is 0 Å². The Morgan fingerprint density at radius 3 is 2.52 bits per heavy atom. The number of allylic oxidation sites excluding steroid dienone is 1. The average Bonchev–Trinajstić information content (AvgIpc) is 2.65. The van der Waals surface area contributed by atoms with Gasteiger partial charge in [0.15, 0.2) is 0 Å². The first-order valence-electron chi connectivity index (χ1n) is 10.3. The molecule has 0 aliphatic heterocycles. The molecular formula is C20H35NO3S. The Balaban J connectivity index is 1.45. The molecule has 0 aromatic carbocycles. The third-order valence-corrected chi connectivity index (χ3v) is 8.69. The summed E-state index contributed by atoms with van der Waals surface area (Å²) in [5.41, 5.74) is 0. The third kappa shape index (κ3) is 4.86. The van der Waals surface area contributed by atoms with Crippen molar-refractivity contribution in [3.05, 3.63) is 12.7 Å². The summed E-state index contributed by atoms with van der Waals surface area (Å²) in [5.74, 6) is 1.65. The Morgan fingerprint density at radius 2 is 1.68 bits per heavy atom. The number of hydrogen-bond donors (Lipinski definition) is 1. The molecule has 0 amide bonds. The van der Waals surface area contributed by atoms with Gasteiger partial charge in [0, 0.05) is 6.54 Å². The van der Waals surface area contributed by atoms with E-state index < -0.39 is 10.0 Å². The molecule has 25 heavy (non-hydrogen) atoms. The second kappa shape index (κ2) is 9.01. The maximum Gasteiger partial charge on any atom is 0.215 e. The van der Waals surface area contributed by atoms with Crippen LogP contribution in [-0.2, 0) is 14.8 Å². The maximum absolute atomic E-state index is 12.6. The predicted octanol–water partition coefficient (Wildman–Crippen LogP) is 4.03. The standard InChI is InChI=1S/C20H35NO3S/c1-2-16-8-4-6-13-20(16)25(22,23)21-14-15-24-19-12-7-10-17-9-3-5-11-18(17)19/h2,16-21H,1,3-15H2. The van der Waals surface area contributed by atoms with Crippen LogP contribution in [0.5, 0.6) is 0 Å². The van der Waals surface area contributed by atoms with Gasteiger partial charge >= 0.3 is 0 Å². The predicted molar refractivity (Wildman–Crippen MR) is 102 cm³/mol. The zero-order chi connectivity index (χ0) is 17.7. The van der Waals surface area contributed by atoms with Crippen molar-refractivity contribution < 1.29 is 13.2 Å². The molecule has 0 aromatic rings. The van der Waals surface area contributed by atoms with Gasteiger partial charge in [0.1, 0.15) is 0 Å². The Bertz CT molecular complexity index is 531. The fourth-order valence-corrected chi connectivity index (χ4v) is 7.13. The summed E-state index contributed by atoms with van der Waals surface area (Å²) < 4.78 is 34.2. The van der Waals surface area contributed by atoms with Crippen LogP contribution in [0, 0.1) is 17.8 Å². The highest BCUT2D eigenvalue weighted by Gasteiger charge is 2.36. The smallest absolute Gasteiger partial charge is 0.215 e. The second-order valence-corrected chi connectivity index (χ2v) is 10.2. The van der Waals surface area contributed by atoms with Crippen LogP contribution in [0.3, 0.4) is 0 Å². The normalized spacial score (nSPS) is 36.6. The maximum atomic E-state index is 12.6. The van der Waals surface area contributed by atoms with Gasteiger partial charge in [-0.05, 0) is 49.9 Å². The molecule has 0 spiro atoms. The van der Waals surface area contributed by atoms with E-state index in [1.54, 1.807) is 0 Å². The largest absolute Gasteiger partial charge is 0.377 e. The number of rotatable bonds is 7. The van der Waals surface area contributed by atoms with E-state index in [-0.39, 0.29) is 11.2 Å². The van der Waals surface area contributed by atoms with Crippen molar-refractivity contribution >= 4 is 10.0 Å². The van der Waals surface area contributed by atoms with E-state index in [1.807, 2.05) is 6.08 Å². The van der Waals surface area contributed by atoms with E-state index in [0.29, 0.717) is 25.2 Å². The van der Waals surface area contributed by atoms with Gasteiger partial charge in [0.05, 0.1) is 18.0 Å². The van der Waals surface area contributed by atoms with Gasteiger partial charge < -0.3 is 4.74 Å². The highest BCUT2D eigenvalue weighted by molar-refractivity contribution is 7.90. The van der Waals surface area contributed by atoms with Crippen molar-refractivity contribution in [3.63, 3.8) is 0 Å². The molecule has 3 aliphatic carbocycles. The first kappa shape index (κ1) is 19.4. The summed E-state index contributed by atoms with van der Waals surface area (Å²) in [6, 6.07) is 0. The van der Waals surface area contributed by atoms with Crippen molar-refractivity contribution in [1.29, 1.82) is 0 Å². The lowest BCUT2D eigenvalue weighted by Gasteiger charge is -2.41. The van der Waals surface area contributed by atoms with Crippen molar-refractivity contribution in [3.8, 4) is 0 Å². The molecule has 3 aliphatic rings. The molecular weight excluding hydrogens is 334 g/mol. The van der Waals surface area contributed by atoms with Crippen LogP contribution in [0.1, 0.15) is 70.6 Å². The molecule has 1 N–H and O–H groups in total. The van der Waals surface area contributed by atoms with Gasteiger partial charge in [0.2, 0.25) is 10.0 Å². The van der Waals surface area contributed by atoms with Crippen LogP contribution in [0.25, 0.3) is 0 Å². The van der Waals surface area contributed by atoms with Gasteiger partial charge in [-0.3, -0.25) is 0 Å². The van der Waals surface area contributed by atoms with E-state index in [0.717, 1.165) is 38.0 Å². The topological polar surface area (TPSA) is 55.4 Å². The minimum absolute atomic E-state index is 0.0912. The van der Waals surface area contributed by atoms with Gasteiger partial charge in [-0.25, -0.2) is 13.1 Å². The van der Waals surface area contributed by atoms with Crippen LogP contribution in [0.2, 0.25) is 0 Å². The molecule has 0 saturated heterocycles. The quantitative estimate of drug-likeness (QED) is 0.544. The fourth-order valence-electron chi connectivity index (χ4n) is 5.37. The highest BCUT2D eigenvalue weighted by atomic mass is 32.2. The molecule has 5 unspecified atom stereocenters. The Labute approximate surface area is 153 Å². The van der Waals surface area contributed by atoms with E-state index >= 15 is 0 Å². The molecule has 3 rings (SSSR count). The molecule has 5 atom stereocenters.